The zero-order valence-electron chi connectivity index (χ0n) is 20.0. The van der Waals surface area contributed by atoms with Crippen molar-refractivity contribution in [2.75, 3.05) is 20.7 Å². The number of alkyl halides is 2. The van der Waals surface area contributed by atoms with Crippen molar-refractivity contribution in [3.05, 3.63) is 94.5 Å². The molecule has 36 heavy (non-hydrogen) atoms. The molecule has 1 heterocycles. The highest BCUT2D eigenvalue weighted by Gasteiger charge is 2.26. The molecule has 1 atom stereocenters. The monoisotopic (exact) mass is 495 g/mol. The van der Waals surface area contributed by atoms with Crippen molar-refractivity contribution < 1.29 is 27.8 Å². The average Bonchev–Trinajstić information content (AvgIpc) is 2.89. The third-order valence-corrected chi connectivity index (χ3v) is 6.08. The first-order valence-corrected chi connectivity index (χ1v) is 11.4. The third kappa shape index (κ3) is 5.80. The quantitative estimate of drug-likeness (QED) is 0.491. The van der Waals surface area contributed by atoms with Gasteiger partial charge in [0.05, 0.1) is 7.11 Å². The molecule has 1 unspecified atom stereocenters. The number of halogens is 2. The third-order valence-electron chi connectivity index (χ3n) is 6.08. The largest absolute Gasteiger partial charge is 0.493 e. The van der Waals surface area contributed by atoms with Crippen molar-refractivity contribution >= 4 is 11.8 Å². The number of methoxy groups -OCH3 is 1. The van der Waals surface area contributed by atoms with E-state index in [0.717, 1.165) is 24.1 Å². The maximum Gasteiger partial charge on any atom is 0.387 e. The van der Waals surface area contributed by atoms with Crippen LogP contribution in [0, 0.1) is 0 Å². The van der Waals surface area contributed by atoms with Crippen LogP contribution in [0.5, 0.6) is 11.5 Å². The molecule has 188 valence electrons. The van der Waals surface area contributed by atoms with Crippen LogP contribution in [0.3, 0.4) is 0 Å². The summed E-state index contributed by atoms with van der Waals surface area (Å²) in [5, 5.41) is 5.88. The Hall–Kier alpha value is -3.98. The molecular weight excluding hydrogens is 468 g/mol. The van der Waals surface area contributed by atoms with Gasteiger partial charge < -0.3 is 20.1 Å². The van der Waals surface area contributed by atoms with Gasteiger partial charge in [-0.15, -0.1) is 0 Å². The molecule has 0 aliphatic carbocycles. The fourth-order valence-electron chi connectivity index (χ4n) is 4.20. The average molecular weight is 496 g/mol. The molecular formula is C27H27F2N3O4. The highest BCUT2D eigenvalue weighted by molar-refractivity contribution is 5.95. The molecule has 0 aromatic heterocycles. The minimum absolute atomic E-state index is 0.0240. The number of ether oxygens (including phenoxy) is 2. The van der Waals surface area contributed by atoms with Gasteiger partial charge in [0, 0.05) is 24.2 Å². The summed E-state index contributed by atoms with van der Waals surface area (Å²) in [6.07, 6.45) is 0.708. The van der Waals surface area contributed by atoms with Crippen LogP contribution in [0.2, 0.25) is 0 Å². The van der Waals surface area contributed by atoms with E-state index in [0.29, 0.717) is 5.56 Å². The summed E-state index contributed by atoms with van der Waals surface area (Å²) < 4.78 is 34.5. The van der Waals surface area contributed by atoms with Gasteiger partial charge in [0.25, 0.3) is 11.8 Å². The first-order chi connectivity index (χ1) is 17.4. The Kier molecular flexibility index (Phi) is 7.80. The van der Waals surface area contributed by atoms with Gasteiger partial charge in [0.1, 0.15) is 6.17 Å². The molecule has 1 aliphatic rings. The molecule has 2 amide bonds. The molecule has 0 fully saturated rings. The number of benzene rings is 3. The Balaban J connectivity index is 1.41. The zero-order chi connectivity index (χ0) is 25.7. The highest BCUT2D eigenvalue weighted by atomic mass is 19.3. The minimum Gasteiger partial charge on any atom is -0.493 e. The number of carbonyl (C=O) groups is 2. The molecule has 9 heteroatoms. The van der Waals surface area contributed by atoms with Crippen molar-refractivity contribution in [1.29, 1.82) is 0 Å². The lowest BCUT2D eigenvalue weighted by Crippen LogP contribution is -2.43. The number of rotatable bonds is 8. The van der Waals surface area contributed by atoms with Gasteiger partial charge in [-0.25, -0.2) is 0 Å². The van der Waals surface area contributed by atoms with Crippen molar-refractivity contribution in [3.63, 3.8) is 0 Å². The molecule has 2 N–H and O–H groups in total. The fourth-order valence-corrected chi connectivity index (χ4v) is 4.20. The zero-order valence-corrected chi connectivity index (χ0v) is 20.0. The molecule has 0 saturated carbocycles. The summed E-state index contributed by atoms with van der Waals surface area (Å²) in [4.78, 5) is 27.8. The van der Waals surface area contributed by atoms with Crippen LogP contribution >= 0.6 is 0 Å². The number of hydrogen-bond donors (Lipinski definition) is 2. The van der Waals surface area contributed by atoms with Crippen molar-refractivity contribution in [1.82, 2.24) is 15.5 Å². The van der Waals surface area contributed by atoms with Crippen molar-refractivity contribution in [2.24, 2.45) is 0 Å². The lowest BCUT2D eigenvalue weighted by molar-refractivity contribution is -0.0512. The fraction of sp³-hybridized carbons (Fsp3) is 0.259. The Labute approximate surface area is 208 Å². The number of fused-ring (bicyclic) bond motifs is 1. The number of amides is 2. The molecule has 3 aromatic rings. The molecule has 0 bridgehead atoms. The maximum absolute atomic E-state index is 13.1. The van der Waals surface area contributed by atoms with Crippen molar-refractivity contribution in [3.8, 4) is 11.5 Å². The Bertz CT molecular complexity index is 1250. The maximum atomic E-state index is 13.1. The number of carbonyl (C=O) groups excluding carboxylic acids is 2. The van der Waals surface area contributed by atoms with E-state index in [1.54, 1.807) is 24.3 Å². The molecule has 0 radical (unpaired) electrons. The normalized spacial score (nSPS) is 15.2. The number of hydrogen-bond acceptors (Lipinski definition) is 5. The predicted octanol–water partition coefficient (Wildman–Crippen LogP) is 4.14. The standard InChI is InChI=1S/C27H27F2N3O4/c1-32-13-12-18-7-3-4-9-21(18)24(32)31-26(34)19-8-5-6-17(14-19)16-30-25(33)20-10-11-22(36-27(28)29)23(15-20)35-2/h3-11,14-15,24,27H,12-13,16H2,1-2H3,(H,30,33)(H,31,34). The second kappa shape index (κ2) is 11.2. The van der Waals surface area contributed by atoms with Gasteiger partial charge >= 0.3 is 6.61 Å². The van der Waals surface area contributed by atoms with Gasteiger partial charge in [-0.2, -0.15) is 8.78 Å². The summed E-state index contributed by atoms with van der Waals surface area (Å²) in [6.45, 7) is -1.99. The summed E-state index contributed by atoms with van der Waals surface area (Å²) >= 11 is 0. The highest BCUT2D eigenvalue weighted by Crippen LogP contribution is 2.29. The van der Waals surface area contributed by atoms with Crippen LogP contribution in [0.15, 0.2) is 66.7 Å². The van der Waals surface area contributed by atoms with E-state index in [1.807, 2.05) is 25.2 Å². The number of likely N-dealkylation sites (N-methyl/N-ethyl adjacent to an activating group) is 1. The van der Waals surface area contributed by atoms with Crippen LogP contribution in [0.1, 0.15) is 43.6 Å². The smallest absolute Gasteiger partial charge is 0.387 e. The Morgan fingerprint density at radius 1 is 1.00 bits per heavy atom. The van der Waals surface area contributed by atoms with Gasteiger partial charge in [0.2, 0.25) is 0 Å². The first kappa shape index (κ1) is 25.1. The van der Waals surface area contributed by atoms with Gasteiger partial charge in [0.15, 0.2) is 11.5 Å². The minimum atomic E-state index is -3.00. The van der Waals surface area contributed by atoms with E-state index in [2.05, 4.69) is 26.3 Å². The molecule has 3 aromatic carbocycles. The van der Waals surface area contributed by atoms with E-state index in [4.69, 9.17) is 4.74 Å². The second-order valence-electron chi connectivity index (χ2n) is 8.43. The molecule has 0 spiro atoms. The summed E-state index contributed by atoms with van der Waals surface area (Å²) in [5.41, 5.74) is 3.75. The second-order valence-corrected chi connectivity index (χ2v) is 8.43. The Morgan fingerprint density at radius 3 is 2.56 bits per heavy atom. The molecule has 1 aliphatic heterocycles. The van der Waals surface area contributed by atoms with Crippen LogP contribution in [-0.4, -0.2) is 44.0 Å². The van der Waals surface area contributed by atoms with E-state index in [9.17, 15) is 18.4 Å². The van der Waals surface area contributed by atoms with E-state index in [1.165, 1.54) is 30.9 Å². The summed E-state index contributed by atoms with van der Waals surface area (Å²) in [7, 11) is 3.28. The predicted molar refractivity (Wildman–Crippen MR) is 130 cm³/mol. The summed E-state index contributed by atoms with van der Waals surface area (Å²) in [5.74, 6) is -0.770. The van der Waals surface area contributed by atoms with Crippen LogP contribution in [-0.2, 0) is 13.0 Å². The topological polar surface area (TPSA) is 79.9 Å². The molecule has 7 nitrogen and oxygen atoms in total. The lowest BCUT2D eigenvalue weighted by atomic mass is 9.97. The van der Waals surface area contributed by atoms with Crippen LogP contribution in [0.4, 0.5) is 8.78 Å². The van der Waals surface area contributed by atoms with Crippen molar-refractivity contribution in [2.45, 2.75) is 25.7 Å². The summed E-state index contributed by atoms with van der Waals surface area (Å²) in [6, 6.07) is 19.1. The number of nitrogens with one attached hydrogen (secondary N) is 2. The molecule has 0 saturated heterocycles. The molecule has 4 rings (SSSR count). The van der Waals surface area contributed by atoms with Gasteiger partial charge in [-0.1, -0.05) is 36.4 Å². The van der Waals surface area contributed by atoms with Crippen LogP contribution in [0.25, 0.3) is 0 Å². The van der Waals surface area contributed by atoms with Crippen LogP contribution < -0.4 is 20.1 Å². The van der Waals surface area contributed by atoms with E-state index in [-0.39, 0.29) is 35.7 Å². The van der Waals surface area contributed by atoms with Gasteiger partial charge in [-0.05, 0) is 60.5 Å². The first-order valence-electron chi connectivity index (χ1n) is 11.4. The SMILES string of the molecule is COc1cc(C(=O)NCc2cccc(C(=O)NC3c4ccccc4CCN3C)c2)ccc1OC(F)F. The van der Waals surface area contributed by atoms with E-state index < -0.39 is 12.5 Å². The van der Waals surface area contributed by atoms with E-state index >= 15 is 0 Å². The Morgan fingerprint density at radius 2 is 1.78 bits per heavy atom. The lowest BCUT2D eigenvalue weighted by Gasteiger charge is -2.35. The van der Waals surface area contributed by atoms with Gasteiger partial charge in [-0.3, -0.25) is 14.5 Å². The number of nitrogens with zero attached hydrogens (tertiary/aromatic N) is 1.